The molecular weight excluding hydrogens is 286 g/mol. The average molecular weight is 303 g/mol. The Hall–Kier alpha value is -2.28. The lowest BCUT2D eigenvalue weighted by Gasteiger charge is -2.38. The first-order valence-electron chi connectivity index (χ1n) is 6.77. The van der Waals surface area contributed by atoms with Gasteiger partial charge in [0, 0.05) is 10.9 Å². The van der Waals surface area contributed by atoms with E-state index >= 15 is 0 Å². The second kappa shape index (κ2) is 4.92. The molecule has 0 fully saturated rings. The van der Waals surface area contributed by atoms with Gasteiger partial charge < -0.3 is 27.1 Å². The lowest BCUT2D eigenvalue weighted by Crippen LogP contribution is -2.61. The summed E-state index contributed by atoms with van der Waals surface area (Å²) in [5.74, 6) is 0. The Morgan fingerprint density at radius 2 is 2.05 bits per heavy atom. The molecule has 0 saturated heterocycles. The molecule has 1 heterocycles. The van der Waals surface area contributed by atoms with Gasteiger partial charge in [-0.25, -0.2) is 4.79 Å². The largest absolute Gasteiger partial charge is 0.376 e. The number of benzene rings is 1. The van der Waals surface area contributed by atoms with Gasteiger partial charge in [0.15, 0.2) is 10.8 Å². The van der Waals surface area contributed by atoms with Gasteiger partial charge in [0.25, 0.3) is 0 Å². The number of amides is 2. The minimum absolute atomic E-state index is 0.121. The summed E-state index contributed by atoms with van der Waals surface area (Å²) in [5, 5.41) is 7.05. The molecule has 6 nitrogen and oxygen atoms in total. The van der Waals surface area contributed by atoms with Gasteiger partial charge in [0.05, 0.1) is 5.69 Å². The number of primary amides is 1. The summed E-state index contributed by atoms with van der Waals surface area (Å²) >= 11 is 4.97. The van der Waals surface area contributed by atoms with Gasteiger partial charge in [-0.3, -0.25) is 0 Å². The number of urea groups is 1. The molecule has 110 valence electrons. The van der Waals surface area contributed by atoms with E-state index in [-0.39, 0.29) is 5.11 Å². The van der Waals surface area contributed by atoms with Crippen molar-refractivity contribution in [2.75, 3.05) is 0 Å². The Balaban J connectivity index is 2.19. The number of carbonyl (C=O) groups excluding carboxylic acids is 1. The lowest BCUT2D eigenvalue weighted by atomic mass is 9.86. The molecule has 1 atom stereocenters. The van der Waals surface area contributed by atoms with E-state index in [0.717, 1.165) is 35.0 Å². The van der Waals surface area contributed by atoms with Crippen molar-refractivity contribution in [3.8, 4) is 0 Å². The zero-order valence-corrected chi connectivity index (χ0v) is 12.2. The summed E-state index contributed by atoms with van der Waals surface area (Å²) in [6.45, 7) is 0. The number of aromatic amines is 1. The van der Waals surface area contributed by atoms with E-state index < -0.39 is 11.7 Å². The van der Waals surface area contributed by atoms with Gasteiger partial charge in [-0.1, -0.05) is 18.2 Å². The quantitative estimate of drug-likeness (QED) is 0.423. The second-order valence-corrected chi connectivity index (χ2v) is 5.70. The second-order valence-electron chi connectivity index (χ2n) is 5.26. The van der Waals surface area contributed by atoms with Crippen LogP contribution in [0.1, 0.15) is 24.1 Å². The number of H-pyrrole nitrogens is 1. The van der Waals surface area contributed by atoms with E-state index in [1.54, 1.807) is 0 Å². The van der Waals surface area contributed by atoms with Crippen molar-refractivity contribution in [2.45, 2.75) is 24.9 Å². The van der Waals surface area contributed by atoms with Crippen LogP contribution in [0.4, 0.5) is 4.79 Å². The molecule has 1 aromatic heterocycles. The summed E-state index contributed by atoms with van der Waals surface area (Å²) in [6.07, 6.45) is 2.48. The van der Waals surface area contributed by atoms with Gasteiger partial charge in [0.2, 0.25) is 0 Å². The number of rotatable bonds is 2. The van der Waals surface area contributed by atoms with Crippen LogP contribution in [0, 0.1) is 0 Å². The summed E-state index contributed by atoms with van der Waals surface area (Å²) < 4.78 is 0. The molecule has 0 bridgehead atoms. The topological polar surface area (TPSA) is 109 Å². The number of para-hydroxylation sites is 1. The molecule has 1 aliphatic rings. The summed E-state index contributed by atoms with van der Waals surface area (Å²) in [5.41, 5.74) is 13.2. The first kappa shape index (κ1) is 13.7. The molecule has 1 aliphatic carbocycles. The molecule has 21 heavy (non-hydrogen) atoms. The first-order valence-corrected chi connectivity index (χ1v) is 7.18. The Bertz CT molecular complexity index is 707. The molecule has 3 rings (SSSR count). The van der Waals surface area contributed by atoms with Crippen LogP contribution < -0.4 is 22.1 Å². The SMILES string of the molecule is NC(=O)NC1(NC(N)=S)CCCc2c1[nH]c1ccccc21. The van der Waals surface area contributed by atoms with Crippen molar-refractivity contribution in [1.82, 2.24) is 15.6 Å². The maximum Gasteiger partial charge on any atom is 0.314 e. The van der Waals surface area contributed by atoms with Crippen molar-refractivity contribution < 1.29 is 4.79 Å². The smallest absolute Gasteiger partial charge is 0.314 e. The Kier molecular flexibility index (Phi) is 3.21. The summed E-state index contributed by atoms with van der Waals surface area (Å²) in [7, 11) is 0. The fourth-order valence-electron chi connectivity index (χ4n) is 3.18. The molecule has 2 amide bonds. The average Bonchev–Trinajstić information content (AvgIpc) is 2.78. The van der Waals surface area contributed by atoms with Crippen LogP contribution in [0.15, 0.2) is 24.3 Å². The molecule has 0 radical (unpaired) electrons. The first-order chi connectivity index (χ1) is 10.0. The van der Waals surface area contributed by atoms with Gasteiger partial charge in [-0.2, -0.15) is 0 Å². The molecule has 0 spiro atoms. The standard InChI is InChI=1S/C14H17N5OS/c15-12(20)18-14(19-13(16)21)7-3-5-9-8-4-1-2-6-10(8)17-11(9)14/h1-2,4,6,17H,3,5,7H2,(H3,15,18,20)(H3,16,19,21). The van der Waals surface area contributed by atoms with E-state index in [9.17, 15) is 4.79 Å². The number of aryl methyl sites for hydroxylation is 1. The Labute approximate surface area is 127 Å². The van der Waals surface area contributed by atoms with Gasteiger partial charge in [0.1, 0.15) is 0 Å². The van der Waals surface area contributed by atoms with Gasteiger partial charge >= 0.3 is 6.03 Å². The highest BCUT2D eigenvalue weighted by atomic mass is 32.1. The Morgan fingerprint density at radius 3 is 2.76 bits per heavy atom. The van der Waals surface area contributed by atoms with Crippen molar-refractivity contribution in [2.24, 2.45) is 11.5 Å². The number of aromatic nitrogens is 1. The van der Waals surface area contributed by atoms with Gasteiger partial charge in [-0.15, -0.1) is 0 Å². The third-order valence-corrected chi connectivity index (χ3v) is 3.99. The number of fused-ring (bicyclic) bond motifs is 3. The zero-order chi connectivity index (χ0) is 15.0. The number of nitrogens with two attached hydrogens (primary N) is 2. The van der Waals surface area contributed by atoms with E-state index in [1.165, 1.54) is 0 Å². The van der Waals surface area contributed by atoms with Crippen molar-refractivity contribution in [1.29, 1.82) is 0 Å². The van der Waals surface area contributed by atoms with E-state index in [4.69, 9.17) is 23.7 Å². The predicted molar refractivity (Wildman–Crippen MR) is 85.6 cm³/mol. The normalized spacial score (nSPS) is 20.8. The molecule has 7 heteroatoms. The summed E-state index contributed by atoms with van der Waals surface area (Å²) in [4.78, 5) is 14.8. The van der Waals surface area contributed by atoms with Gasteiger partial charge in [-0.05, 0) is 43.1 Å². The number of hydrogen-bond donors (Lipinski definition) is 5. The molecule has 1 aromatic carbocycles. The van der Waals surface area contributed by atoms with Crippen molar-refractivity contribution in [3.63, 3.8) is 0 Å². The molecule has 0 saturated carbocycles. The van der Waals surface area contributed by atoms with Crippen molar-refractivity contribution >= 4 is 34.3 Å². The van der Waals surface area contributed by atoms with Crippen LogP contribution in [0.25, 0.3) is 10.9 Å². The maximum absolute atomic E-state index is 11.5. The van der Waals surface area contributed by atoms with Crippen LogP contribution in [-0.4, -0.2) is 16.1 Å². The highest BCUT2D eigenvalue weighted by molar-refractivity contribution is 7.80. The number of carbonyl (C=O) groups is 1. The summed E-state index contributed by atoms with van der Waals surface area (Å²) in [6, 6.07) is 7.41. The van der Waals surface area contributed by atoms with E-state index in [1.807, 2.05) is 18.2 Å². The van der Waals surface area contributed by atoms with Crippen LogP contribution in [0.5, 0.6) is 0 Å². The third-order valence-electron chi connectivity index (χ3n) is 3.89. The Morgan fingerprint density at radius 1 is 1.29 bits per heavy atom. The predicted octanol–water partition coefficient (Wildman–Crippen LogP) is 1.16. The fourth-order valence-corrected chi connectivity index (χ4v) is 3.36. The van der Waals surface area contributed by atoms with Crippen LogP contribution in [0.3, 0.4) is 0 Å². The number of nitrogens with one attached hydrogen (secondary N) is 3. The molecule has 2 aromatic rings. The van der Waals surface area contributed by atoms with Crippen LogP contribution >= 0.6 is 12.2 Å². The highest BCUT2D eigenvalue weighted by Gasteiger charge is 2.40. The molecule has 0 aliphatic heterocycles. The van der Waals surface area contributed by atoms with Crippen LogP contribution in [-0.2, 0) is 12.1 Å². The zero-order valence-electron chi connectivity index (χ0n) is 11.4. The van der Waals surface area contributed by atoms with Crippen molar-refractivity contribution in [3.05, 3.63) is 35.5 Å². The minimum Gasteiger partial charge on any atom is -0.376 e. The van der Waals surface area contributed by atoms with Crippen LogP contribution in [0.2, 0.25) is 0 Å². The molecule has 7 N–H and O–H groups in total. The van der Waals surface area contributed by atoms with E-state index in [2.05, 4.69) is 21.7 Å². The molecular formula is C14H17N5OS. The number of thiocarbonyl (C=S) groups is 1. The highest BCUT2D eigenvalue weighted by Crippen LogP contribution is 2.37. The number of hydrogen-bond acceptors (Lipinski definition) is 2. The fraction of sp³-hybridized carbons (Fsp3) is 0.286. The van der Waals surface area contributed by atoms with E-state index in [0.29, 0.717) is 6.42 Å². The maximum atomic E-state index is 11.5. The minimum atomic E-state index is -0.871. The third kappa shape index (κ3) is 2.29. The monoisotopic (exact) mass is 303 g/mol. The lowest BCUT2D eigenvalue weighted by molar-refractivity contribution is 0.216. The molecule has 1 unspecified atom stereocenters.